The van der Waals surface area contributed by atoms with E-state index in [1.54, 1.807) is 0 Å². The van der Waals surface area contributed by atoms with Crippen LogP contribution in [0.15, 0.2) is 28.7 Å². The second-order valence-electron chi connectivity index (χ2n) is 5.83. The summed E-state index contributed by atoms with van der Waals surface area (Å²) < 4.78 is 0.949. The zero-order valence-electron chi connectivity index (χ0n) is 11.0. The fourth-order valence-electron chi connectivity index (χ4n) is 3.08. The van der Waals surface area contributed by atoms with E-state index in [4.69, 9.17) is 0 Å². The van der Waals surface area contributed by atoms with Crippen molar-refractivity contribution in [3.8, 4) is 0 Å². The van der Waals surface area contributed by atoms with Crippen LogP contribution in [0, 0.1) is 5.41 Å². The zero-order chi connectivity index (χ0) is 14.1. The molecule has 1 aromatic carbocycles. The lowest BCUT2D eigenvalue weighted by molar-refractivity contribution is -0.137. The fourth-order valence-corrected chi connectivity index (χ4v) is 3.48. The van der Waals surface area contributed by atoms with Gasteiger partial charge < -0.3 is 0 Å². The van der Waals surface area contributed by atoms with Gasteiger partial charge in [0.1, 0.15) is 0 Å². The number of benzene rings is 1. The van der Waals surface area contributed by atoms with E-state index in [9.17, 15) is 9.59 Å². The predicted octanol–water partition coefficient (Wildman–Crippen LogP) is 2.28. The third-order valence-electron chi connectivity index (χ3n) is 3.62. The summed E-state index contributed by atoms with van der Waals surface area (Å²) in [5.74, 6) is -0.156. The molecule has 1 aliphatic carbocycles. The molecule has 0 heterocycles. The van der Waals surface area contributed by atoms with E-state index in [2.05, 4.69) is 40.6 Å². The molecule has 0 atom stereocenters. The van der Waals surface area contributed by atoms with Crippen molar-refractivity contribution in [3.05, 3.63) is 34.3 Å². The molecule has 4 nitrogen and oxygen atoms in total. The lowest BCUT2D eigenvalue weighted by Gasteiger charge is -2.52. The van der Waals surface area contributed by atoms with E-state index in [-0.39, 0.29) is 11.3 Å². The molecule has 0 saturated heterocycles. The molecule has 1 fully saturated rings. The molecule has 1 aromatic rings. The van der Waals surface area contributed by atoms with E-state index < -0.39 is 5.41 Å². The summed E-state index contributed by atoms with van der Waals surface area (Å²) in [5, 5.41) is 0. The van der Waals surface area contributed by atoms with Crippen LogP contribution >= 0.6 is 15.9 Å². The molecule has 0 radical (unpaired) electrons. The van der Waals surface area contributed by atoms with Crippen LogP contribution in [0.5, 0.6) is 0 Å². The number of hydrogen-bond acceptors (Lipinski definition) is 2. The molecule has 0 aromatic heterocycles. The van der Waals surface area contributed by atoms with Crippen LogP contribution in [0.1, 0.15) is 32.3 Å². The van der Waals surface area contributed by atoms with Crippen LogP contribution in [0.2, 0.25) is 0 Å². The van der Waals surface area contributed by atoms with Gasteiger partial charge in [-0.25, -0.2) is 0 Å². The zero-order valence-corrected chi connectivity index (χ0v) is 12.6. The summed E-state index contributed by atoms with van der Waals surface area (Å²) in [4.78, 5) is 22.7. The van der Waals surface area contributed by atoms with Gasteiger partial charge >= 0.3 is 0 Å². The normalized spacial score (nSPS) is 19.1. The minimum absolute atomic E-state index is 0.140. The Morgan fingerprint density at radius 2 is 2.05 bits per heavy atom. The molecule has 102 valence electrons. The topological polar surface area (TPSA) is 58.2 Å². The molecular formula is C14H17BrN2O2. The van der Waals surface area contributed by atoms with Gasteiger partial charge in [0.2, 0.25) is 12.3 Å². The van der Waals surface area contributed by atoms with Crippen LogP contribution in [0.3, 0.4) is 0 Å². The molecule has 19 heavy (non-hydrogen) atoms. The van der Waals surface area contributed by atoms with Gasteiger partial charge in [0.15, 0.2) is 0 Å². The second kappa shape index (κ2) is 4.96. The molecule has 1 saturated carbocycles. The highest BCUT2D eigenvalue weighted by Gasteiger charge is 2.55. The number of amides is 2. The van der Waals surface area contributed by atoms with Crippen molar-refractivity contribution in [1.82, 2.24) is 10.9 Å². The first kappa shape index (κ1) is 14.1. The Hall–Kier alpha value is -1.36. The van der Waals surface area contributed by atoms with E-state index in [0.717, 1.165) is 22.9 Å². The van der Waals surface area contributed by atoms with Gasteiger partial charge in [-0.3, -0.25) is 20.4 Å². The van der Waals surface area contributed by atoms with Gasteiger partial charge in [-0.15, -0.1) is 0 Å². The van der Waals surface area contributed by atoms with Crippen molar-refractivity contribution in [1.29, 1.82) is 0 Å². The van der Waals surface area contributed by atoms with Crippen LogP contribution in [0.25, 0.3) is 0 Å². The van der Waals surface area contributed by atoms with Crippen LogP contribution in [-0.4, -0.2) is 12.3 Å². The Morgan fingerprint density at radius 1 is 1.37 bits per heavy atom. The van der Waals surface area contributed by atoms with Gasteiger partial charge in [0, 0.05) is 4.47 Å². The average molecular weight is 325 g/mol. The van der Waals surface area contributed by atoms with Crippen molar-refractivity contribution in [2.75, 3.05) is 0 Å². The van der Waals surface area contributed by atoms with E-state index in [1.807, 2.05) is 24.3 Å². The Bertz CT molecular complexity index is 506. The minimum atomic E-state index is -0.552. The summed E-state index contributed by atoms with van der Waals surface area (Å²) in [5.41, 5.74) is 5.27. The molecule has 0 aliphatic heterocycles. The smallest absolute Gasteiger partial charge is 0.249 e. The van der Waals surface area contributed by atoms with Crippen molar-refractivity contribution in [3.63, 3.8) is 0 Å². The first-order valence-electron chi connectivity index (χ1n) is 6.15. The molecule has 2 amide bonds. The first-order valence-corrected chi connectivity index (χ1v) is 6.95. The maximum absolute atomic E-state index is 12.4. The van der Waals surface area contributed by atoms with Gasteiger partial charge in [-0.2, -0.15) is 0 Å². The second-order valence-corrected chi connectivity index (χ2v) is 6.74. The summed E-state index contributed by atoms with van der Waals surface area (Å²) in [6, 6.07) is 7.78. The number of hydrogen-bond donors (Lipinski definition) is 2. The van der Waals surface area contributed by atoms with Gasteiger partial charge in [0.05, 0.1) is 5.41 Å². The predicted molar refractivity (Wildman–Crippen MR) is 76.2 cm³/mol. The summed E-state index contributed by atoms with van der Waals surface area (Å²) in [6.07, 6.45) is 2.00. The average Bonchev–Trinajstić information content (AvgIpc) is 2.32. The maximum atomic E-state index is 12.4. The summed E-state index contributed by atoms with van der Waals surface area (Å²) in [6.45, 7) is 4.29. The van der Waals surface area contributed by atoms with Crippen molar-refractivity contribution < 1.29 is 9.59 Å². The minimum Gasteiger partial charge on any atom is -0.277 e. The van der Waals surface area contributed by atoms with Crippen molar-refractivity contribution in [2.45, 2.75) is 32.1 Å². The maximum Gasteiger partial charge on any atom is 0.249 e. The number of halogens is 1. The van der Waals surface area contributed by atoms with Crippen LogP contribution < -0.4 is 10.9 Å². The third kappa shape index (κ3) is 2.66. The van der Waals surface area contributed by atoms with Gasteiger partial charge in [-0.05, 0) is 36.0 Å². The number of nitrogens with one attached hydrogen (secondary N) is 2. The van der Waals surface area contributed by atoms with Crippen molar-refractivity contribution in [2.24, 2.45) is 5.41 Å². The Balaban J connectivity index is 2.31. The quantitative estimate of drug-likeness (QED) is 0.659. The lowest BCUT2D eigenvalue weighted by Crippen LogP contribution is -2.58. The number of rotatable bonds is 4. The third-order valence-corrected chi connectivity index (χ3v) is 4.11. The fraction of sp³-hybridized carbons (Fsp3) is 0.429. The molecule has 0 bridgehead atoms. The van der Waals surface area contributed by atoms with E-state index >= 15 is 0 Å². The van der Waals surface area contributed by atoms with Crippen LogP contribution in [0.4, 0.5) is 0 Å². The molecule has 5 heteroatoms. The first-order chi connectivity index (χ1) is 8.89. The Morgan fingerprint density at radius 3 is 2.58 bits per heavy atom. The summed E-state index contributed by atoms with van der Waals surface area (Å²) in [7, 11) is 0. The van der Waals surface area contributed by atoms with Crippen molar-refractivity contribution >= 4 is 28.2 Å². The SMILES string of the molecule is CC1(C)CC(C(=O)NNC=O)(c2cccc(Br)c2)C1. The monoisotopic (exact) mass is 324 g/mol. The van der Waals surface area contributed by atoms with Crippen LogP contribution in [-0.2, 0) is 15.0 Å². The largest absolute Gasteiger partial charge is 0.277 e. The number of carbonyl (C=O) groups is 2. The standard InChI is InChI=1S/C14H17BrN2O2/c1-13(2)7-14(8-13,12(19)17-16-9-18)10-4-3-5-11(15)6-10/h3-6,9H,7-8H2,1-2H3,(H,16,18)(H,17,19). The highest BCUT2D eigenvalue weighted by Crippen LogP contribution is 2.55. The number of carbonyl (C=O) groups excluding carboxylic acids is 2. The van der Waals surface area contributed by atoms with Gasteiger partial charge in [0.25, 0.3) is 0 Å². The highest BCUT2D eigenvalue weighted by molar-refractivity contribution is 9.10. The Labute approximate surface area is 121 Å². The number of hydrazine groups is 1. The lowest BCUT2D eigenvalue weighted by atomic mass is 9.51. The van der Waals surface area contributed by atoms with E-state index in [1.165, 1.54) is 0 Å². The van der Waals surface area contributed by atoms with Gasteiger partial charge in [-0.1, -0.05) is 41.9 Å². The molecule has 0 unspecified atom stereocenters. The highest BCUT2D eigenvalue weighted by atomic mass is 79.9. The molecule has 2 N–H and O–H groups in total. The molecule has 1 aliphatic rings. The molecule has 0 spiro atoms. The molecular weight excluding hydrogens is 308 g/mol. The summed E-state index contributed by atoms with van der Waals surface area (Å²) >= 11 is 3.43. The van der Waals surface area contributed by atoms with E-state index in [0.29, 0.717) is 6.41 Å². The Kier molecular flexibility index (Phi) is 3.67. The molecule has 2 rings (SSSR count).